The second-order valence-corrected chi connectivity index (χ2v) is 8.98. The molecule has 0 unspecified atom stereocenters. The number of benzene rings is 2. The molecule has 3 aromatic rings. The number of rotatable bonds is 8. The highest BCUT2D eigenvalue weighted by Gasteiger charge is 2.29. The molecule has 1 amide bonds. The Kier molecular flexibility index (Phi) is 6.25. The fraction of sp³-hybridized carbons (Fsp3) is 0.333. The number of thiazole rings is 1. The Morgan fingerprint density at radius 1 is 1.17 bits per heavy atom. The molecule has 0 saturated heterocycles. The summed E-state index contributed by atoms with van der Waals surface area (Å²) in [5, 5.41) is 5.87. The maximum atomic E-state index is 13.2. The predicted molar refractivity (Wildman–Crippen MR) is 119 cm³/mol. The molecular formula is C24H26FN3OS. The van der Waals surface area contributed by atoms with E-state index >= 15 is 0 Å². The number of carbonyl (C=O) groups excluding carboxylic acids is 1. The van der Waals surface area contributed by atoms with Crippen molar-refractivity contribution >= 4 is 22.9 Å². The summed E-state index contributed by atoms with van der Waals surface area (Å²) in [6.07, 6.45) is 2.66. The lowest BCUT2D eigenvalue weighted by molar-refractivity contribution is -0.115. The van der Waals surface area contributed by atoms with E-state index in [1.807, 2.05) is 49.6 Å². The Balaban J connectivity index is 1.36. The lowest BCUT2D eigenvalue weighted by Gasteiger charge is -2.21. The van der Waals surface area contributed by atoms with Crippen molar-refractivity contribution in [1.82, 2.24) is 9.88 Å². The molecule has 0 aliphatic heterocycles. The van der Waals surface area contributed by atoms with Crippen LogP contribution in [0.1, 0.15) is 40.2 Å². The number of hydrogen-bond acceptors (Lipinski definition) is 4. The van der Waals surface area contributed by atoms with Crippen LogP contribution in [0.25, 0.3) is 0 Å². The van der Waals surface area contributed by atoms with Crippen molar-refractivity contribution < 1.29 is 9.18 Å². The summed E-state index contributed by atoms with van der Waals surface area (Å²) in [4.78, 5) is 19.6. The number of hydrogen-bond donors (Lipinski definition) is 1. The van der Waals surface area contributed by atoms with Crippen molar-refractivity contribution in [2.24, 2.45) is 0 Å². The number of halogens is 1. The van der Waals surface area contributed by atoms with E-state index in [2.05, 4.69) is 10.2 Å². The number of anilines is 1. The summed E-state index contributed by atoms with van der Waals surface area (Å²) in [6.45, 7) is 5.53. The molecule has 2 aromatic carbocycles. The lowest BCUT2D eigenvalue weighted by Crippen LogP contribution is -2.25. The number of aryl methyl sites for hydroxylation is 2. The van der Waals surface area contributed by atoms with Crippen LogP contribution in [0.15, 0.2) is 47.8 Å². The van der Waals surface area contributed by atoms with E-state index in [4.69, 9.17) is 4.98 Å². The molecule has 1 fully saturated rings. The molecule has 0 radical (unpaired) electrons. The van der Waals surface area contributed by atoms with Crippen LogP contribution < -0.4 is 5.32 Å². The molecule has 0 atom stereocenters. The summed E-state index contributed by atoms with van der Waals surface area (Å²) in [5.74, 6) is -0.255. The highest BCUT2D eigenvalue weighted by atomic mass is 32.1. The van der Waals surface area contributed by atoms with E-state index < -0.39 is 0 Å². The second kappa shape index (κ2) is 9.06. The van der Waals surface area contributed by atoms with Gasteiger partial charge >= 0.3 is 0 Å². The number of amides is 1. The third-order valence-electron chi connectivity index (χ3n) is 5.31. The zero-order valence-corrected chi connectivity index (χ0v) is 18.1. The fourth-order valence-corrected chi connectivity index (χ4v) is 4.27. The van der Waals surface area contributed by atoms with Gasteiger partial charge in [-0.25, -0.2) is 9.37 Å². The van der Waals surface area contributed by atoms with Crippen LogP contribution in [-0.4, -0.2) is 21.8 Å². The van der Waals surface area contributed by atoms with Gasteiger partial charge in [0.25, 0.3) is 0 Å². The van der Waals surface area contributed by atoms with Gasteiger partial charge in [-0.05, 0) is 61.6 Å². The van der Waals surface area contributed by atoms with Gasteiger partial charge in [-0.1, -0.05) is 24.3 Å². The average molecular weight is 424 g/mol. The van der Waals surface area contributed by atoms with Crippen LogP contribution in [0.5, 0.6) is 0 Å². The highest BCUT2D eigenvalue weighted by Crippen LogP contribution is 2.30. The minimum atomic E-state index is -0.208. The lowest BCUT2D eigenvalue weighted by atomic mass is 10.1. The molecule has 1 heterocycles. The summed E-state index contributed by atoms with van der Waals surface area (Å²) < 4.78 is 13.2. The predicted octanol–water partition coefficient (Wildman–Crippen LogP) is 5.24. The topological polar surface area (TPSA) is 45.2 Å². The summed E-state index contributed by atoms with van der Waals surface area (Å²) >= 11 is 1.53. The minimum absolute atomic E-state index is 0.0463. The quantitative estimate of drug-likeness (QED) is 0.539. The molecule has 4 nitrogen and oxygen atoms in total. The Morgan fingerprint density at radius 3 is 2.67 bits per heavy atom. The zero-order valence-electron chi connectivity index (χ0n) is 17.3. The Labute approximate surface area is 180 Å². The molecule has 6 heteroatoms. The smallest absolute Gasteiger partial charge is 0.231 e. The van der Waals surface area contributed by atoms with Crippen LogP contribution >= 0.6 is 11.3 Å². The number of nitrogens with zero attached hydrogens (tertiary/aromatic N) is 2. The van der Waals surface area contributed by atoms with Gasteiger partial charge in [-0.2, -0.15) is 0 Å². The first-order chi connectivity index (χ1) is 14.5. The van der Waals surface area contributed by atoms with E-state index in [1.165, 1.54) is 36.3 Å². The molecule has 1 saturated carbocycles. The first-order valence-corrected chi connectivity index (χ1v) is 11.1. The molecule has 1 aliphatic carbocycles. The van der Waals surface area contributed by atoms with E-state index in [1.54, 1.807) is 0 Å². The first kappa shape index (κ1) is 20.7. The first-order valence-electron chi connectivity index (χ1n) is 10.2. The Morgan fingerprint density at radius 2 is 1.93 bits per heavy atom. The normalized spacial score (nSPS) is 13.6. The van der Waals surface area contributed by atoms with Crippen molar-refractivity contribution in [3.8, 4) is 0 Å². The fourth-order valence-electron chi connectivity index (χ4n) is 3.49. The molecule has 4 rings (SSSR count). The molecule has 156 valence electrons. The highest BCUT2D eigenvalue weighted by molar-refractivity contribution is 7.09. The summed E-state index contributed by atoms with van der Waals surface area (Å²) in [5.41, 5.74) is 5.12. The summed E-state index contributed by atoms with van der Waals surface area (Å²) in [7, 11) is 0. The van der Waals surface area contributed by atoms with E-state index in [0.29, 0.717) is 6.04 Å². The molecule has 30 heavy (non-hydrogen) atoms. The van der Waals surface area contributed by atoms with Gasteiger partial charge in [0.2, 0.25) is 5.91 Å². The molecule has 1 N–H and O–H groups in total. The minimum Gasteiger partial charge on any atom is -0.325 e. The monoisotopic (exact) mass is 423 g/mol. The van der Waals surface area contributed by atoms with Crippen molar-refractivity contribution in [2.45, 2.75) is 52.2 Å². The third-order valence-corrected chi connectivity index (χ3v) is 6.20. The maximum Gasteiger partial charge on any atom is 0.231 e. The van der Waals surface area contributed by atoms with Crippen molar-refractivity contribution in [3.63, 3.8) is 0 Å². The van der Waals surface area contributed by atoms with E-state index in [9.17, 15) is 9.18 Å². The van der Waals surface area contributed by atoms with Crippen LogP contribution in [0, 0.1) is 19.7 Å². The van der Waals surface area contributed by atoms with E-state index in [0.717, 1.165) is 46.2 Å². The Hall–Kier alpha value is -2.57. The van der Waals surface area contributed by atoms with Gasteiger partial charge in [-0.15, -0.1) is 11.3 Å². The number of nitrogens with one attached hydrogen (secondary N) is 1. The SMILES string of the molecule is Cc1ccc(C)c(NC(=O)Cc2nc(CN(Cc3ccc(F)cc3)C3CC3)cs2)c1. The maximum absolute atomic E-state index is 13.2. The molecular weight excluding hydrogens is 397 g/mol. The van der Waals surface area contributed by atoms with Crippen molar-refractivity contribution in [3.05, 3.63) is 81.1 Å². The standard InChI is InChI=1S/C24H26FN3OS/c1-16-3-4-17(2)22(11-16)27-23(29)12-24-26-20(15-30-24)14-28(21-9-10-21)13-18-5-7-19(25)8-6-18/h3-8,11,15,21H,9-10,12-14H2,1-2H3,(H,27,29). The van der Waals surface area contributed by atoms with E-state index in [-0.39, 0.29) is 18.1 Å². The Bertz CT molecular complexity index is 1030. The van der Waals surface area contributed by atoms with Crippen molar-refractivity contribution in [1.29, 1.82) is 0 Å². The second-order valence-electron chi connectivity index (χ2n) is 8.04. The van der Waals surface area contributed by atoms with Crippen LogP contribution in [0.4, 0.5) is 10.1 Å². The molecule has 1 aromatic heterocycles. The summed E-state index contributed by atoms with van der Waals surface area (Å²) in [6, 6.07) is 13.3. The molecule has 1 aliphatic rings. The third kappa shape index (κ3) is 5.52. The van der Waals surface area contributed by atoms with Gasteiger partial charge in [0.05, 0.1) is 12.1 Å². The van der Waals surface area contributed by atoms with Gasteiger partial charge in [0.1, 0.15) is 10.8 Å². The van der Waals surface area contributed by atoms with Crippen LogP contribution in [0.2, 0.25) is 0 Å². The molecule has 0 bridgehead atoms. The van der Waals surface area contributed by atoms with Gasteiger partial charge in [0, 0.05) is 30.2 Å². The number of carbonyl (C=O) groups is 1. The van der Waals surface area contributed by atoms with Crippen LogP contribution in [0.3, 0.4) is 0 Å². The van der Waals surface area contributed by atoms with Crippen molar-refractivity contribution in [2.75, 3.05) is 5.32 Å². The van der Waals surface area contributed by atoms with Gasteiger partial charge in [-0.3, -0.25) is 9.69 Å². The number of aromatic nitrogens is 1. The van der Waals surface area contributed by atoms with Gasteiger partial charge in [0.15, 0.2) is 0 Å². The van der Waals surface area contributed by atoms with Crippen LogP contribution in [-0.2, 0) is 24.3 Å². The zero-order chi connectivity index (χ0) is 21.1. The largest absolute Gasteiger partial charge is 0.325 e. The average Bonchev–Trinajstić information content (AvgIpc) is 3.47. The molecule has 0 spiro atoms. The van der Waals surface area contributed by atoms with Gasteiger partial charge < -0.3 is 5.32 Å².